The lowest BCUT2D eigenvalue weighted by atomic mass is 10.0. The molecule has 0 aliphatic carbocycles. The number of aromatic nitrogens is 1. The molecule has 0 amide bonds. The molecule has 2 unspecified atom stereocenters. The Kier molecular flexibility index (Phi) is 6.46. The molecule has 2 heterocycles. The molecular formula is C17H29N3O. The van der Waals surface area contributed by atoms with E-state index in [1.807, 2.05) is 12.3 Å². The van der Waals surface area contributed by atoms with Crippen LogP contribution in [0.3, 0.4) is 0 Å². The zero-order valence-corrected chi connectivity index (χ0v) is 13.6. The zero-order valence-electron chi connectivity index (χ0n) is 13.6. The van der Waals surface area contributed by atoms with Gasteiger partial charge in [-0.3, -0.25) is 0 Å². The van der Waals surface area contributed by atoms with Crippen molar-refractivity contribution in [1.82, 2.24) is 15.2 Å². The molecule has 0 aromatic carbocycles. The van der Waals surface area contributed by atoms with Crippen molar-refractivity contribution in [2.75, 3.05) is 26.7 Å². The highest BCUT2D eigenvalue weighted by molar-refractivity contribution is 5.20. The van der Waals surface area contributed by atoms with Crippen LogP contribution in [0.5, 0.6) is 5.88 Å². The summed E-state index contributed by atoms with van der Waals surface area (Å²) in [6, 6.07) is 4.98. The third-order valence-electron chi connectivity index (χ3n) is 4.30. The van der Waals surface area contributed by atoms with E-state index < -0.39 is 0 Å². The molecule has 1 fully saturated rings. The monoisotopic (exact) mass is 291 g/mol. The quantitative estimate of drug-likeness (QED) is 0.838. The standard InChI is InChI=1S/C17H29N3O/c1-4-10-18-14(2)15-8-9-17(19-12-15)21-13-16-7-5-6-11-20(16)3/h8-9,12,14,16,18H,4-7,10-11,13H2,1-3H3. The fraction of sp³-hybridized carbons (Fsp3) is 0.706. The normalized spacial score (nSPS) is 21.2. The average Bonchev–Trinajstić information content (AvgIpc) is 2.52. The third-order valence-corrected chi connectivity index (χ3v) is 4.30. The van der Waals surface area contributed by atoms with Crippen LogP contribution >= 0.6 is 0 Å². The van der Waals surface area contributed by atoms with Crippen molar-refractivity contribution in [3.8, 4) is 5.88 Å². The van der Waals surface area contributed by atoms with E-state index in [9.17, 15) is 0 Å². The van der Waals surface area contributed by atoms with Gasteiger partial charge in [0.05, 0.1) is 0 Å². The summed E-state index contributed by atoms with van der Waals surface area (Å²) < 4.78 is 5.86. The number of pyridine rings is 1. The molecule has 0 saturated carbocycles. The summed E-state index contributed by atoms with van der Waals surface area (Å²) >= 11 is 0. The van der Waals surface area contributed by atoms with Gasteiger partial charge in [0.2, 0.25) is 5.88 Å². The minimum atomic E-state index is 0.343. The Hall–Kier alpha value is -1.13. The highest BCUT2D eigenvalue weighted by Gasteiger charge is 2.19. The Balaban J connectivity index is 1.81. The second-order valence-corrected chi connectivity index (χ2v) is 6.05. The Morgan fingerprint density at radius 3 is 2.95 bits per heavy atom. The van der Waals surface area contributed by atoms with Crippen molar-refractivity contribution >= 4 is 0 Å². The van der Waals surface area contributed by atoms with E-state index in [0.717, 1.165) is 25.5 Å². The summed E-state index contributed by atoms with van der Waals surface area (Å²) in [5.74, 6) is 0.736. The van der Waals surface area contributed by atoms with Crippen LogP contribution in [0.4, 0.5) is 0 Å². The molecule has 1 aliphatic rings. The minimum Gasteiger partial charge on any atom is -0.476 e. The summed E-state index contributed by atoms with van der Waals surface area (Å²) in [6.45, 7) is 7.31. The summed E-state index contributed by atoms with van der Waals surface area (Å²) in [5, 5.41) is 3.47. The maximum atomic E-state index is 5.86. The number of ether oxygens (including phenoxy) is 1. The molecule has 1 aliphatic heterocycles. The first kappa shape index (κ1) is 16.2. The van der Waals surface area contributed by atoms with Gasteiger partial charge in [-0.05, 0) is 51.9 Å². The summed E-state index contributed by atoms with van der Waals surface area (Å²) in [5.41, 5.74) is 1.21. The molecule has 2 atom stereocenters. The van der Waals surface area contributed by atoms with Gasteiger partial charge in [0.25, 0.3) is 0 Å². The molecule has 0 radical (unpaired) electrons. The zero-order chi connectivity index (χ0) is 15.1. The number of nitrogens with one attached hydrogen (secondary N) is 1. The first-order valence-electron chi connectivity index (χ1n) is 8.23. The first-order valence-corrected chi connectivity index (χ1v) is 8.23. The van der Waals surface area contributed by atoms with E-state index in [2.05, 4.69) is 42.2 Å². The molecule has 0 spiro atoms. The summed E-state index contributed by atoms with van der Waals surface area (Å²) in [4.78, 5) is 6.83. The predicted molar refractivity (Wildman–Crippen MR) is 86.7 cm³/mol. The largest absolute Gasteiger partial charge is 0.476 e. The molecule has 2 rings (SSSR count). The fourth-order valence-electron chi connectivity index (χ4n) is 2.75. The molecule has 1 aromatic rings. The SMILES string of the molecule is CCCNC(C)c1ccc(OCC2CCCCN2C)nc1. The second-order valence-electron chi connectivity index (χ2n) is 6.05. The number of piperidine rings is 1. The van der Waals surface area contributed by atoms with Crippen molar-refractivity contribution in [2.45, 2.75) is 51.6 Å². The van der Waals surface area contributed by atoms with E-state index in [1.165, 1.54) is 31.4 Å². The smallest absolute Gasteiger partial charge is 0.213 e. The van der Waals surface area contributed by atoms with E-state index >= 15 is 0 Å². The minimum absolute atomic E-state index is 0.343. The molecule has 0 bridgehead atoms. The lowest BCUT2D eigenvalue weighted by Crippen LogP contribution is -2.40. The number of likely N-dealkylation sites (tertiary alicyclic amines) is 1. The van der Waals surface area contributed by atoms with Crippen LogP contribution in [0, 0.1) is 0 Å². The fourth-order valence-corrected chi connectivity index (χ4v) is 2.75. The molecular weight excluding hydrogens is 262 g/mol. The maximum absolute atomic E-state index is 5.86. The van der Waals surface area contributed by atoms with Crippen molar-refractivity contribution in [3.63, 3.8) is 0 Å². The molecule has 1 saturated heterocycles. The Labute approximate surface area is 128 Å². The Morgan fingerprint density at radius 1 is 1.43 bits per heavy atom. The Bertz CT molecular complexity index is 407. The van der Waals surface area contributed by atoms with Gasteiger partial charge in [-0.15, -0.1) is 0 Å². The third kappa shape index (κ3) is 4.97. The van der Waals surface area contributed by atoms with Gasteiger partial charge in [0, 0.05) is 24.3 Å². The van der Waals surface area contributed by atoms with Crippen molar-refractivity contribution in [1.29, 1.82) is 0 Å². The van der Waals surface area contributed by atoms with Gasteiger partial charge in [-0.1, -0.05) is 19.4 Å². The van der Waals surface area contributed by atoms with Gasteiger partial charge < -0.3 is 15.0 Å². The van der Waals surface area contributed by atoms with Crippen molar-refractivity contribution in [2.24, 2.45) is 0 Å². The van der Waals surface area contributed by atoms with Gasteiger partial charge in [0.1, 0.15) is 6.61 Å². The highest BCUT2D eigenvalue weighted by atomic mass is 16.5. The highest BCUT2D eigenvalue weighted by Crippen LogP contribution is 2.18. The van der Waals surface area contributed by atoms with Gasteiger partial charge >= 0.3 is 0 Å². The molecule has 1 N–H and O–H groups in total. The maximum Gasteiger partial charge on any atom is 0.213 e. The predicted octanol–water partition coefficient (Wildman–Crippen LogP) is 3.01. The van der Waals surface area contributed by atoms with Gasteiger partial charge in [-0.2, -0.15) is 0 Å². The Morgan fingerprint density at radius 2 is 2.29 bits per heavy atom. The van der Waals surface area contributed by atoms with E-state index in [1.54, 1.807) is 0 Å². The van der Waals surface area contributed by atoms with Crippen molar-refractivity contribution < 1.29 is 4.74 Å². The van der Waals surface area contributed by atoms with E-state index in [0.29, 0.717) is 12.1 Å². The van der Waals surface area contributed by atoms with Crippen LogP contribution in [0.1, 0.15) is 51.1 Å². The van der Waals surface area contributed by atoms with Crippen LogP contribution in [-0.4, -0.2) is 42.7 Å². The number of likely N-dealkylation sites (N-methyl/N-ethyl adjacent to an activating group) is 1. The van der Waals surface area contributed by atoms with Crippen molar-refractivity contribution in [3.05, 3.63) is 23.9 Å². The van der Waals surface area contributed by atoms with Gasteiger partial charge in [0.15, 0.2) is 0 Å². The van der Waals surface area contributed by atoms with Crippen LogP contribution in [0.15, 0.2) is 18.3 Å². The number of hydrogen-bond donors (Lipinski definition) is 1. The lowest BCUT2D eigenvalue weighted by molar-refractivity contribution is 0.122. The topological polar surface area (TPSA) is 37.4 Å². The molecule has 4 nitrogen and oxygen atoms in total. The lowest BCUT2D eigenvalue weighted by Gasteiger charge is -2.31. The van der Waals surface area contributed by atoms with E-state index in [-0.39, 0.29) is 0 Å². The molecule has 1 aromatic heterocycles. The number of hydrogen-bond acceptors (Lipinski definition) is 4. The van der Waals surface area contributed by atoms with E-state index in [4.69, 9.17) is 4.74 Å². The molecule has 4 heteroatoms. The van der Waals surface area contributed by atoms with Gasteiger partial charge in [-0.25, -0.2) is 4.98 Å². The van der Waals surface area contributed by atoms with Crippen LogP contribution < -0.4 is 10.1 Å². The van der Waals surface area contributed by atoms with Crippen LogP contribution in [-0.2, 0) is 0 Å². The van der Waals surface area contributed by atoms with Crippen LogP contribution in [0.25, 0.3) is 0 Å². The van der Waals surface area contributed by atoms with Crippen LogP contribution in [0.2, 0.25) is 0 Å². The summed E-state index contributed by atoms with van der Waals surface area (Å²) in [6.07, 6.45) is 6.92. The first-order chi connectivity index (χ1) is 10.2. The molecule has 118 valence electrons. The molecule has 21 heavy (non-hydrogen) atoms. The second kappa shape index (κ2) is 8.35. The number of rotatable bonds is 7. The number of nitrogens with zero attached hydrogens (tertiary/aromatic N) is 2. The average molecular weight is 291 g/mol. The summed E-state index contributed by atoms with van der Waals surface area (Å²) in [7, 11) is 2.19.